The summed E-state index contributed by atoms with van der Waals surface area (Å²) in [5, 5.41) is 3.94. The van der Waals surface area contributed by atoms with E-state index in [0.717, 1.165) is 16.9 Å². The third-order valence-electron chi connectivity index (χ3n) is 5.16. The van der Waals surface area contributed by atoms with E-state index in [1.807, 2.05) is 55.6 Å². The quantitative estimate of drug-likeness (QED) is 0.434. The minimum atomic E-state index is -0.102. The van der Waals surface area contributed by atoms with Crippen LogP contribution in [0.5, 0.6) is 11.5 Å². The van der Waals surface area contributed by atoms with Crippen molar-refractivity contribution in [2.24, 2.45) is 0 Å². The number of nitrogens with zero attached hydrogens (tertiary/aromatic N) is 3. The predicted molar refractivity (Wildman–Crippen MR) is 121 cm³/mol. The Kier molecular flexibility index (Phi) is 5.99. The molecule has 1 N–H and O–H groups in total. The van der Waals surface area contributed by atoms with Gasteiger partial charge in [-0.2, -0.15) is 0 Å². The highest BCUT2D eigenvalue weighted by Gasteiger charge is 2.33. The number of aromatic nitrogens is 2. The van der Waals surface area contributed by atoms with Gasteiger partial charge >= 0.3 is 0 Å². The van der Waals surface area contributed by atoms with Crippen LogP contribution < -0.4 is 14.8 Å². The first-order chi connectivity index (χ1) is 15.0. The number of carbonyl (C=O) groups is 1. The number of nitrogens with one attached hydrogen (secondary N) is 1. The van der Waals surface area contributed by atoms with E-state index >= 15 is 0 Å². The molecule has 0 saturated carbocycles. The molecular weight excluding hydrogens is 412 g/mol. The van der Waals surface area contributed by atoms with E-state index < -0.39 is 0 Å². The van der Waals surface area contributed by atoms with E-state index in [1.165, 1.54) is 17.3 Å². The fourth-order valence-corrected chi connectivity index (χ4v) is 3.89. The number of anilines is 2. The molecule has 1 aliphatic heterocycles. The molecule has 0 bridgehead atoms. The molecule has 160 valence electrons. The van der Waals surface area contributed by atoms with Crippen LogP contribution in [0.2, 0.25) is 0 Å². The number of benzene rings is 2. The molecule has 0 saturated heterocycles. The summed E-state index contributed by atoms with van der Waals surface area (Å²) in [6.07, 6.45) is 1.92. The van der Waals surface area contributed by atoms with Gasteiger partial charge in [0.15, 0.2) is 5.16 Å². The van der Waals surface area contributed by atoms with E-state index in [0.29, 0.717) is 41.1 Å². The van der Waals surface area contributed by atoms with Gasteiger partial charge in [-0.1, -0.05) is 29.5 Å². The number of methoxy groups -OCH3 is 2. The first kappa shape index (κ1) is 21.0. The van der Waals surface area contributed by atoms with E-state index in [1.54, 1.807) is 19.1 Å². The molecular formula is C23H24N4O3S. The van der Waals surface area contributed by atoms with Gasteiger partial charge in [0.2, 0.25) is 0 Å². The summed E-state index contributed by atoms with van der Waals surface area (Å²) in [4.78, 5) is 24.3. The van der Waals surface area contributed by atoms with Crippen LogP contribution in [0.3, 0.4) is 0 Å². The van der Waals surface area contributed by atoms with Crippen molar-refractivity contribution < 1.29 is 14.3 Å². The molecule has 2 heterocycles. The van der Waals surface area contributed by atoms with Crippen LogP contribution in [0.1, 0.15) is 27.2 Å². The lowest BCUT2D eigenvalue weighted by Crippen LogP contribution is -2.24. The average molecular weight is 437 g/mol. The van der Waals surface area contributed by atoms with Crippen LogP contribution in [-0.4, -0.2) is 41.3 Å². The average Bonchev–Trinajstić information content (AvgIpc) is 3.10. The van der Waals surface area contributed by atoms with Gasteiger partial charge in [0.1, 0.15) is 22.9 Å². The van der Waals surface area contributed by atoms with Crippen LogP contribution >= 0.6 is 11.8 Å². The molecule has 1 aliphatic rings. The van der Waals surface area contributed by atoms with Crippen LogP contribution in [0.4, 0.5) is 11.5 Å². The monoisotopic (exact) mass is 436 g/mol. The number of thioether (sulfide) groups is 1. The lowest BCUT2D eigenvalue weighted by Gasteiger charge is -2.18. The number of rotatable bonds is 7. The summed E-state index contributed by atoms with van der Waals surface area (Å²) < 4.78 is 10.8. The molecule has 3 aromatic rings. The Labute approximate surface area is 185 Å². The second-order valence-corrected chi connectivity index (χ2v) is 7.98. The van der Waals surface area contributed by atoms with E-state index in [2.05, 4.69) is 15.3 Å². The Bertz CT molecular complexity index is 1120. The molecule has 1 amide bonds. The summed E-state index contributed by atoms with van der Waals surface area (Å²) in [6.45, 7) is 2.86. The van der Waals surface area contributed by atoms with Crippen LogP contribution in [0.15, 0.2) is 47.6 Å². The Morgan fingerprint density at radius 2 is 1.87 bits per heavy atom. The summed E-state index contributed by atoms with van der Waals surface area (Å²) in [6, 6.07) is 13.6. The first-order valence-corrected chi connectivity index (χ1v) is 11.0. The van der Waals surface area contributed by atoms with Crippen molar-refractivity contribution in [2.75, 3.05) is 25.8 Å². The van der Waals surface area contributed by atoms with E-state index in [-0.39, 0.29) is 5.91 Å². The molecule has 8 heteroatoms. The first-order valence-electron chi connectivity index (χ1n) is 9.81. The maximum Gasteiger partial charge on any atom is 0.260 e. The summed E-state index contributed by atoms with van der Waals surface area (Å²) in [5.41, 5.74) is 4.19. The van der Waals surface area contributed by atoms with Gasteiger partial charge in [-0.15, -0.1) is 0 Å². The highest BCUT2D eigenvalue weighted by atomic mass is 32.2. The van der Waals surface area contributed by atoms with Crippen molar-refractivity contribution in [3.05, 3.63) is 64.8 Å². The maximum atomic E-state index is 13.3. The zero-order chi connectivity index (χ0) is 22.0. The summed E-state index contributed by atoms with van der Waals surface area (Å²) >= 11 is 1.45. The lowest BCUT2D eigenvalue weighted by atomic mass is 10.1. The van der Waals surface area contributed by atoms with Gasteiger partial charge in [-0.25, -0.2) is 9.97 Å². The fourth-order valence-electron chi connectivity index (χ4n) is 3.51. The smallest absolute Gasteiger partial charge is 0.260 e. The van der Waals surface area contributed by atoms with Gasteiger partial charge in [0.25, 0.3) is 5.91 Å². The zero-order valence-corrected chi connectivity index (χ0v) is 18.7. The Morgan fingerprint density at radius 1 is 1.10 bits per heavy atom. The van der Waals surface area contributed by atoms with E-state index in [4.69, 9.17) is 9.47 Å². The molecule has 4 rings (SSSR count). The summed E-state index contributed by atoms with van der Waals surface area (Å²) in [7, 11) is 3.22. The number of hydrogen-bond acceptors (Lipinski definition) is 7. The topological polar surface area (TPSA) is 76.6 Å². The number of hydrogen-bond donors (Lipinski definition) is 1. The van der Waals surface area contributed by atoms with Gasteiger partial charge in [0.05, 0.1) is 33.0 Å². The Hall–Kier alpha value is -3.26. The van der Waals surface area contributed by atoms with Crippen LogP contribution in [0, 0.1) is 6.92 Å². The van der Waals surface area contributed by atoms with Crippen molar-refractivity contribution in [1.29, 1.82) is 0 Å². The molecule has 1 aromatic heterocycles. The van der Waals surface area contributed by atoms with Crippen molar-refractivity contribution in [3.8, 4) is 11.5 Å². The third-order valence-corrected chi connectivity index (χ3v) is 5.71. The second-order valence-electron chi connectivity index (χ2n) is 7.21. The number of ether oxygens (including phenoxy) is 2. The minimum Gasteiger partial charge on any atom is -0.497 e. The molecule has 0 spiro atoms. The van der Waals surface area contributed by atoms with Crippen molar-refractivity contribution in [2.45, 2.75) is 25.2 Å². The van der Waals surface area contributed by atoms with Crippen molar-refractivity contribution in [3.63, 3.8) is 0 Å². The molecule has 0 unspecified atom stereocenters. The standard InChI is InChI=1S/C23H24N4O3S/c1-14-5-8-16(9-6-14)24-21-20-18(25-23(26-21)31-4)13-27(22(20)28)12-15-7-10-17(29-2)11-19(15)30-3/h5-11H,12-13H2,1-4H3,(H,24,25,26). The van der Waals surface area contributed by atoms with Gasteiger partial charge in [-0.05, 0) is 37.4 Å². The van der Waals surface area contributed by atoms with Crippen molar-refractivity contribution in [1.82, 2.24) is 14.9 Å². The maximum absolute atomic E-state index is 13.3. The zero-order valence-electron chi connectivity index (χ0n) is 17.9. The number of amides is 1. The molecule has 0 atom stereocenters. The Balaban J connectivity index is 1.64. The largest absolute Gasteiger partial charge is 0.497 e. The fraction of sp³-hybridized carbons (Fsp3) is 0.261. The van der Waals surface area contributed by atoms with Gasteiger partial charge in [-0.3, -0.25) is 4.79 Å². The lowest BCUT2D eigenvalue weighted by molar-refractivity contribution is 0.0766. The SMILES string of the molecule is COc1ccc(CN2Cc3nc(SC)nc(Nc4ccc(C)cc4)c3C2=O)c(OC)c1. The van der Waals surface area contributed by atoms with Crippen LogP contribution in [-0.2, 0) is 13.1 Å². The van der Waals surface area contributed by atoms with Crippen LogP contribution in [0.25, 0.3) is 0 Å². The minimum absolute atomic E-state index is 0.102. The second kappa shape index (κ2) is 8.85. The number of carbonyl (C=O) groups excluding carboxylic acids is 1. The van der Waals surface area contributed by atoms with Gasteiger partial charge in [0, 0.05) is 17.3 Å². The molecule has 31 heavy (non-hydrogen) atoms. The molecule has 0 fully saturated rings. The van der Waals surface area contributed by atoms with E-state index in [9.17, 15) is 4.79 Å². The molecule has 0 aliphatic carbocycles. The number of aryl methyl sites for hydroxylation is 1. The Morgan fingerprint density at radius 3 is 2.55 bits per heavy atom. The molecule has 0 radical (unpaired) electrons. The third kappa shape index (κ3) is 4.29. The van der Waals surface area contributed by atoms with Gasteiger partial charge < -0.3 is 19.7 Å². The normalized spacial score (nSPS) is 12.6. The highest BCUT2D eigenvalue weighted by Crippen LogP contribution is 2.33. The highest BCUT2D eigenvalue weighted by molar-refractivity contribution is 7.98. The van der Waals surface area contributed by atoms with Crippen molar-refractivity contribution >= 4 is 29.2 Å². The predicted octanol–water partition coefficient (Wildman–Crippen LogP) is 4.42. The molecule has 2 aromatic carbocycles. The number of fused-ring (bicyclic) bond motifs is 1. The molecule has 7 nitrogen and oxygen atoms in total. The summed E-state index contributed by atoms with van der Waals surface area (Å²) in [5.74, 6) is 1.82.